The second kappa shape index (κ2) is 3.27. The van der Waals surface area contributed by atoms with Crippen LogP contribution in [0.4, 0.5) is 0 Å². The molecule has 0 bridgehead atoms. The molecule has 0 unspecified atom stereocenters. The van der Waals surface area contributed by atoms with Crippen LogP contribution in [0.25, 0.3) is 0 Å². The van der Waals surface area contributed by atoms with Crippen molar-refractivity contribution in [2.24, 2.45) is 5.90 Å². The Kier molecular flexibility index (Phi) is 2.34. The normalized spacial score (nSPS) is 18.1. The highest BCUT2D eigenvalue weighted by molar-refractivity contribution is 5.15. The van der Waals surface area contributed by atoms with Crippen LogP contribution >= 0.6 is 0 Å². The summed E-state index contributed by atoms with van der Waals surface area (Å²) >= 11 is 0. The van der Waals surface area contributed by atoms with E-state index in [0.717, 1.165) is 19.4 Å². The lowest BCUT2D eigenvalue weighted by Gasteiger charge is -2.16. The van der Waals surface area contributed by atoms with Gasteiger partial charge in [0.25, 0.3) is 0 Å². The smallest absolute Gasteiger partial charge is 0.165 e. The molecule has 0 aromatic rings. The Hall–Kier alpha value is -0.960. The van der Waals surface area contributed by atoms with Gasteiger partial charge in [0.2, 0.25) is 0 Å². The van der Waals surface area contributed by atoms with E-state index in [1.54, 1.807) is 6.08 Å². The predicted molar refractivity (Wildman–Crippen MR) is 37.7 cm³/mol. The average molecular weight is 141 g/mol. The Morgan fingerprint density at radius 1 is 1.70 bits per heavy atom. The van der Waals surface area contributed by atoms with Crippen LogP contribution in [0.5, 0.6) is 0 Å². The number of allylic oxidation sites excluding steroid dienone is 2. The molecule has 1 aliphatic rings. The quantitative estimate of drug-likeness (QED) is 0.585. The van der Waals surface area contributed by atoms with E-state index in [4.69, 9.17) is 10.6 Å². The van der Waals surface area contributed by atoms with Gasteiger partial charge in [-0.05, 0) is 12.5 Å². The lowest BCUT2D eigenvalue weighted by atomic mass is 10.2. The van der Waals surface area contributed by atoms with E-state index in [2.05, 4.69) is 11.4 Å². The molecule has 0 atom stereocenters. The fourth-order valence-electron chi connectivity index (χ4n) is 0.908. The Morgan fingerprint density at radius 3 is 3.00 bits per heavy atom. The molecule has 56 valence electrons. The van der Waals surface area contributed by atoms with Crippen molar-refractivity contribution in [2.45, 2.75) is 12.8 Å². The zero-order chi connectivity index (χ0) is 7.40. The first-order chi connectivity index (χ1) is 4.88. The Balaban J connectivity index is 2.72. The zero-order valence-electron chi connectivity index (χ0n) is 5.80. The molecule has 1 heterocycles. The highest BCUT2D eigenvalue weighted by atomic mass is 16.6. The van der Waals surface area contributed by atoms with Crippen LogP contribution in [0.15, 0.2) is 24.2 Å². The maximum absolute atomic E-state index is 5.19. The van der Waals surface area contributed by atoms with Gasteiger partial charge in [0.15, 0.2) is 11.5 Å². The SMILES string of the molecule is C=CC1=C(ON)CCCO1. The van der Waals surface area contributed by atoms with E-state index < -0.39 is 0 Å². The van der Waals surface area contributed by atoms with Crippen molar-refractivity contribution in [1.29, 1.82) is 0 Å². The van der Waals surface area contributed by atoms with Crippen molar-refractivity contribution in [3.8, 4) is 0 Å². The average Bonchev–Trinajstić information content (AvgIpc) is 2.04. The minimum atomic E-state index is 0.675. The summed E-state index contributed by atoms with van der Waals surface area (Å²) in [4.78, 5) is 4.58. The second-order valence-electron chi connectivity index (χ2n) is 2.06. The van der Waals surface area contributed by atoms with Crippen LogP contribution in [-0.4, -0.2) is 6.61 Å². The van der Waals surface area contributed by atoms with Crippen molar-refractivity contribution in [3.63, 3.8) is 0 Å². The van der Waals surface area contributed by atoms with Gasteiger partial charge in [-0.2, -0.15) is 5.90 Å². The third-order valence-corrected chi connectivity index (χ3v) is 1.41. The summed E-state index contributed by atoms with van der Waals surface area (Å²) in [5.74, 6) is 6.35. The molecule has 2 N–H and O–H groups in total. The predicted octanol–water partition coefficient (Wildman–Crippen LogP) is 1.08. The summed E-state index contributed by atoms with van der Waals surface area (Å²) in [5, 5.41) is 0. The number of hydrogen-bond acceptors (Lipinski definition) is 3. The summed E-state index contributed by atoms with van der Waals surface area (Å²) in [6.07, 6.45) is 3.42. The molecule has 3 nitrogen and oxygen atoms in total. The van der Waals surface area contributed by atoms with E-state index in [1.807, 2.05) is 0 Å². The minimum absolute atomic E-state index is 0.675. The van der Waals surface area contributed by atoms with Gasteiger partial charge >= 0.3 is 0 Å². The van der Waals surface area contributed by atoms with Crippen LogP contribution in [0.2, 0.25) is 0 Å². The summed E-state index contributed by atoms with van der Waals surface area (Å²) in [6, 6.07) is 0. The third kappa shape index (κ3) is 1.30. The molecule has 1 aliphatic heterocycles. The second-order valence-corrected chi connectivity index (χ2v) is 2.06. The van der Waals surface area contributed by atoms with Crippen LogP contribution in [0.1, 0.15) is 12.8 Å². The van der Waals surface area contributed by atoms with Crippen molar-refractivity contribution >= 4 is 0 Å². The van der Waals surface area contributed by atoms with E-state index in [-0.39, 0.29) is 0 Å². The standard InChI is InChI=1S/C7H11NO2/c1-2-6-7(10-8)4-3-5-9-6/h2H,1,3-5,8H2. The lowest BCUT2D eigenvalue weighted by Crippen LogP contribution is -2.10. The van der Waals surface area contributed by atoms with Gasteiger partial charge in [0.1, 0.15) is 0 Å². The van der Waals surface area contributed by atoms with E-state index >= 15 is 0 Å². The van der Waals surface area contributed by atoms with Gasteiger partial charge in [-0.3, -0.25) is 0 Å². The van der Waals surface area contributed by atoms with Crippen LogP contribution < -0.4 is 5.90 Å². The topological polar surface area (TPSA) is 44.5 Å². The summed E-state index contributed by atoms with van der Waals surface area (Å²) in [5.41, 5.74) is 0. The highest BCUT2D eigenvalue weighted by Gasteiger charge is 2.11. The highest BCUT2D eigenvalue weighted by Crippen LogP contribution is 2.18. The molecule has 0 amide bonds. The van der Waals surface area contributed by atoms with E-state index in [0.29, 0.717) is 11.5 Å². The van der Waals surface area contributed by atoms with Crippen molar-refractivity contribution in [2.75, 3.05) is 6.61 Å². The number of rotatable bonds is 2. The van der Waals surface area contributed by atoms with Gasteiger partial charge in [0, 0.05) is 6.42 Å². The molecule has 0 aromatic heterocycles. The molecular formula is C7H11NO2. The molecule has 0 radical (unpaired) electrons. The van der Waals surface area contributed by atoms with Crippen molar-refractivity contribution < 1.29 is 9.57 Å². The number of nitrogens with two attached hydrogens (primary N) is 1. The number of ether oxygens (including phenoxy) is 1. The molecule has 0 saturated carbocycles. The minimum Gasteiger partial charge on any atom is -0.490 e. The first-order valence-corrected chi connectivity index (χ1v) is 3.23. The molecule has 0 aliphatic carbocycles. The van der Waals surface area contributed by atoms with E-state index in [1.165, 1.54) is 0 Å². The summed E-state index contributed by atoms with van der Waals surface area (Å²) in [7, 11) is 0. The molecule has 0 fully saturated rings. The number of hydrogen-bond donors (Lipinski definition) is 1. The lowest BCUT2D eigenvalue weighted by molar-refractivity contribution is 0.125. The first kappa shape index (κ1) is 7.15. The summed E-state index contributed by atoms with van der Waals surface area (Å²) < 4.78 is 5.19. The van der Waals surface area contributed by atoms with Crippen LogP contribution in [0, 0.1) is 0 Å². The molecule has 3 heteroatoms. The van der Waals surface area contributed by atoms with Crippen LogP contribution in [0.3, 0.4) is 0 Å². The fraction of sp³-hybridized carbons (Fsp3) is 0.429. The third-order valence-electron chi connectivity index (χ3n) is 1.41. The molecule has 0 spiro atoms. The van der Waals surface area contributed by atoms with E-state index in [9.17, 15) is 0 Å². The van der Waals surface area contributed by atoms with Crippen molar-refractivity contribution in [1.82, 2.24) is 0 Å². The molecule has 0 aromatic carbocycles. The van der Waals surface area contributed by atoms with Crippen molar-refractivity contribution in [3.05, 3.63) is 24.2 Å². The molecule has 10 heavy (non-hydrogen) atoms. The Bertz CT molecular complexity index is 163. The van der Waals surface area contributed by atoms with Gasteiger partial charge in [-0.25, -0.2) is 0 Å². The van der Waals surface area contributed by atoms with Gasteiger partial charge in [-0.15, -0.1) is 0 Å². The van der Waals surface area contributed by atoms with Crippen LogP contribution in [-0.2, 0) is 9.57 Å². The fourth-order valence-corrected chi connectivity index (χ4v) is 0.908. The Morgan fingerprint density at radius 2 is 2.50 bits per heavy atom. The largest absolute Gasteiger partial charge is 0.490 e. The van der Waals surface area contributed by atoms with Gasteiger partial charge in [-0.1, -0.05) is 6.58 Å². The molecule has 0 saturated heterocycles. The zero-order valence-corrected chi connectivity index (χ0v) is 5.80. The Labute approximate surface area is 60.1 Å². The van der Waals surface area contributed by atoms with Gasteiger partial charge < -0.3 is 9.57 Å². The maximum atomic E-state index is 5.19. The van der Waals surface area contributed by atoms with Gasteiger partial charge in [0.05, 0.1) is 6.61 Å². The first-order valence-electron chi connectivity index (χ1n) is 3.23. The maximum Gasteiger partial charge on any atom is 0.165 e. The summed E-state index contributed by atoms with van der Waals surface area (Å²) in [6.45, 7) is 4.29. The molecular weight excluding hydrogens is 130 g/mol. The molecule has 1 rings (SSSR count). The monoisotopic (exact) mass is 141 g/mol.